The quantitative estimate of drug-likeness (QED) is 0.100. The maximum Gasteiger partial charge on any atom is 0.0490 e. The second-order valence-electron chi connectivity index (χ2n) is 20.2. The fourth-order valence-electron chi connectivity index (χ4n) is 11.3. The average Bonchev–Trinajstić information content (AvgIpc) is 3.50. The fraction of sp³-hybridized carbons (Fsp3) is 0.108. The molecule has 0 heterocycles. The Morgan fingerprint density at radius 1 is 0.303 bits per heavy atom. The third-order valence-electron chi connectivity index (χ3n) is 15.3. The van der Waals surface area contributed by atoms with Crippen LogP contribution in [0.3, 0.4) is 0 Å². The van der Waals surface area contributed by atoms with E-state index in [1.54, 1.807) is 0 Å². The van der Waals surface area contributed by atoms with E-state index in [1.807, 2.05) is 0 Å². The summed E-state index contributed by atoms with van der Waals surface area (Å²) < 4.78 is 0. The zero-order chi connectivity index (χ0) is 50.9. The molecular weight excluding hydrogens is 917 g/mol. The summed E-state index contributed by atoms with van der Waals surface area (Å²) in [5.41, 5.74) is 22.4. The van der Waals surface area contributed by atoms with Gasteiger partial charge in [0.25, 0.3) is 0 Å². The molecule has 2 aliphatic carbocycles. The molecule has 2 heteroatoms. The molecule has 0 fully saturated rings. The van der Waals surface area contributed by atoms with Gasteiger partial charge < -0.3 is 9.80 Å². The summed E-state index contributed by atoms with van der Waals surface area (Å²) in [4.78, 5) is 4.86. The third-order valence-corrected chi connectivity index (χ3v) is 15.3. The fourth-order valence-corrected chi connectivity index (χ4v) is 11.3. The van der Waals surface area contributed by atoms with Gasteiger partial charge in [0.15, 0.2) is 0 Å². The van der Waals surface area contributed by atoms with Gasteiger partial charge in [0, 0.05) is 46.3 Å². The Morgan fingerprint density at radius 3 is 1.01 bits per heavy atom. The molecular formula is C74H62N2. The van der Waals surface area contributed by atoms with Crippen molar-refractivity contribution >= 4 is 69.0 Å². The highest BCUT2D eigenvalue weighted by Gasteiger charge is 2.21. The van der Waals surface area contributed by atoms with Crippen molar-refractivity contribution in [2.75, 3.05) is 9.80 Å². The summed E-state index contributed by atoms with van der Waals surface area (Å²) in [6.45, 7) is 0. The predicted octanol–water partition coefficient (Wildman–Crippen LogP) is 19.4. The lowest BCUT2D eigenvalue weighted by Crippen LogP contribution is -2.15. The van der Waals surface area contributed by atoms with E-state index in [0.717, 1.165) is 48.2 Å². The van der Waals surface area contributed by atoms with E-state index in [1.165, 1.54) is 115 Å². The monoisotopic (exact) mass is 978 g/mol. The van der Waals surface area contributed by atoms with E-state index >= 15 is 0 Å². The number of anilines is 4. The molecule has 0 saturated carbocycles. The topological polar surface area (TPSA) is 6.48 Å². The number of benzene rings is 10. The standard InChI is InChI=1S/C74H62N2/c1-5-21-59(22-6-1)71(60-23-7-2-8-24-60)53-75(73-37-19-33-57-29-15-17-35-69(57)73)67-47-41-55(42-48-67)39-45-65-51-63-31-13-14-32-64(63)52-66(65)46-40-56-43-49-68(50-44-56)76(74-38-20-34-58-30-16-18-36-70(58)74)54-72(61-25-9-3-10-26-61)62-27-11-4-12-28-62/h1-14,19-28,31-34,37-54H,15-18,29-30,35-36H2. The predicted molar refractivity (Wildman–Crippen MR) is 325 cm³/mol. The Hall–Kier alpha value is -8.98. The number of aryl methyl sites for hydroxylation is 2. The molecule has 12 rings (SSSR count). The lowest BCUT2D eigenvalue weighted by atomic mass is 9.90. The van der Waals surface area contributed by atoms with Gasteiger partial charge in [0.05, 0.1) is 0 Å². The number of fused-ring (bicyclic) bond motifs is 3. The minimum Gasteiger partial charge on any atom is -0.316 e. The maximum atomic E-state index is 2.43. The average molecular weight is 979 g/mol. The van der Waals surface area contributed by atoms with E-state index in [4.69, 9.17) is 0 Å². The van der Waals surface area contributed by atoms with Gasteiger partial charge in [-0.2, -0.15) is 0 Å². The minimum absolute atomic E-state index is 1.09. The molecule has 2 aliphatic rings. The summed E-state index contributed by atoms with van der Waals surface area (Å²) in [6.07, 6.45) is 23.1. The van der Waals surface area contributed by atoms with Crippen LogP contribution in [-0.4, -0.2) is 0 Å². The first-order valence-electron chi connectivity index (χ1n) is 27.2. The highest BCUT2D eigenvalue weighted by Crippen LogP contribution is 2.40. The molecule has 0 spiro atoms. The van der Waals surface area contributed by atoms with Crippen molar-refractivity contribution in [2.24, 2.45) is 0 Å². The van der Waals surface area contributed by atoms with Gasteiger partial charge in [-0.15, -0.1) is 0 Å². The van der Waals surface area contributed by atoms with Crippen LogP contribution in [-0.2, 0) is 25.7 Å². The molecule has 76 heavy (non-hydrogen) atoms. The van der Waals surface area contributed by atoms with Gasteiger partial charge in [-0.05, 0) is 177 Å². The number of hydrogen-bond donors (Lipinski definition) is 0. The van der Waals surface area contributed by atoms with Crippen LogP contribution in [0, 0.1) is 0 Å². The Balaban J connectivity index is 0.870. The molecule has 0 unspecified atom stereocenters. The molecule has 10 aromatic rings. The first kappa shape index (κ1) is 48.0. The van der Waals surface area contributed by atoms with Crippen LogP contribution in [0.4, 0.5) is 22.7 Å². The van der Waals surface area contributed by atoms with E-state index in [0.29, 0.717) is 0 Å². The Kier molecular flexibility index (Phi) is 14.3. The zero-order valence-electron chi connectivity index (χ0n) is 43.1. The Morgan fingerprint density at radius 2 is 0.645 bits per heavy atom. The first-order chi connectivity index (χ1) is 37.7. The van der Waals surface area contributed by atoms with Gasteiger partial charge in [-0.3, -0.25) is 0 Å². The highest BCUT2D eigenvalue weighted by atomic mass is 15.1. The second kappa shape index (κ2) is 22.6. The summed E-state index contributed by atoms with van der Waals surface area (Å²) in [5, 5.41) is 2.45. The summed E-state index contributed by atoms with van der Waals surface area (Å²) in [7, 11) is 0. The summed E-state index contributed by atoms with van der Waals surface area (Å²) >= 11 is 0. The number of nitrogens with zero attached hydrogens (tertiary/aromatic N) is 2. The van der Waals surface area contributed by atoms with Crippen LogP contribution in [0.1, 0.15) is 92.4 Å². The van der Waals surface area contributed by atoms with Gasteiger partial charge in [0.1, 0.15) is 0 Å². The van der Waals surface area contributed by atoms with Crippen molar-refractivity contribution < 1.29 is 0 Å². The van der Waals surface area contributed by atoms with Crippen molar-refractivity contribution in [3.05, 3.63) is 322 Å². The molecule has 0 radical (unpaired) electrons. The largest absolute Gasteiger partial charge is 0.316 e. The van der Waals surface area contributed by atoms with Crippen molar-refractivity contribution in [3.63, 3.8) is 0 Å². The molecule has 0 aliphatic heterocycles. The molecule has 0 atom stereocenters. The highest BCUT2D eigenvalue weighted by molar-refractivity contribution is 5.92. The van der Waals surface area contributed by atoms with Gasteiger partial charge in [-0.1, -0.05) is 218 Å². The van der Waals surface area contributed by atoms with Crippen molar-refractivity contribution in [1.29, 1.82) is 0 Å². The molecule has 2 nitrogen and oxygen atoms in total. The number of hydrogen-bond acceptors (Lipinski definition) is 2. The van der Waals surface area contributed by atoms with E-state index in [-0.39, 0.29) is 0 Å². The summed E-state index contributed by atoms with van der Waals surface area (Å²) in [6, 6.07) is 88.4. The van der Waals surface area contributed by atoms with Crippen LogP contribution in [0.2, 0.25) is 0 Å². The van der Waals surface area contributed by atoms with E-state index in [9.17, 15) is 0 Å². The van der Waals surface area contributed by atoms with E-state index in [2.05, 4.69) is 289 Å². The first-order valence-corrected chi connectivity index (χ1v) is 27.2. The normalized spacial score (nSPS) is 13.0. The van der Waals surface area contributed by atoms with Gasteiger partial charge in [-0.25, -0.2) is 0 Å². The smallest absolute Gasteiger partial charge is 0.0490 e. The van der Waals surface area contributed by atoms with Crippen LogP contribution < -0.4 is 9.80 Å². The molecule has 0 saturated heterocycles. The molecule has 0 N–H and O–H groups in total. The number of rotatable bonds is 14. The Bertz CT molecular complexity index is 3390. The van der Waals surface area contributed by atoms with Crippen LogP contribution >= 0.6 is 0 Å². The summed E-state index contributed by atoms with van der Waals surface area (Å²) in [5.74, 6) is 0. The maximum absolute atomic E-state index is 2.43. The Labute approximate surface area is 449 Å². The lowest BCUT2D eigenvalue weighted by molar-refractivity contribution is 0.685. The van der Waals surface area contributed by atoms with Crippen LogP contribution in [0.15, 0.2) is 255 Å². The SMILES string of the molecule is C(=Cc1cc2ccccc2cc1C=Cc1ccc(N(C=C(c2ccccc2)c2ccccc2)c2cccc3c2CCCC3)cc1)c1ccc(N(C=C(c2ccccc2)c2ccccc2)c2cccc3c2CCCC3)cc1. The lowest BCUT2D eigenvalue weighted by Gasteiger charge is -2.29. The molecule has 368 valence electrons. The van der Waals surface area contributed by atoms with Gasteiger partial charge in [0.2, 0.25) is 0 Å². The van der Waals surface area contributed by atoms with Crippen molar-refractivity contribution in [1.82, 2.24) is 0 Å². The molecule has 0 bridgehead atoms. The second-order valence-corrected chi connectivity index (χ2v) is 20.2. The van der Waals surface area contributed by atoms with Crippen molar-refractivity contribution in [3.8, 4) is 0 Å². The van der Waals surface area contributed by atoms with Crippen LogP contribution in [0.25, 0.3) is 46.2 Å². The molecule has 0 aromatic heterocycles. The minimum atomic E-state index is 1.09. The van der Waals surface area contributed by atoms with Crippen LogP contribution in [0.5, 0.6) is 0 Å². The zero-order valence-corrected chi connectivity index (χ0v) is 43.1. The third kappa shape index (κ3) is 10.7. The molecule has 10 aromatic carbocycles. The van der Waals surface area contributed by atoms with Crippen molar-refractivity contribution in [2.45, 2.75) is 51.4 Å². The molecule has 0 amide bonds. The van der Waals surface area contributed by atoms with E-state index < -0.39 is 0 Å². The van der Waals surface area contributed by atoms with Gasteiger partial charge >= 0.3 is 0 Å².